The molecule has 1 fully saturated rings. The summed E-state index contributed by atoms with van der Waals surface area (Å²) in [5.74, 6) is 0.362. The average Bonchev–Trinajstić information content (AvgIpc) is 2.40. The van der Waals surface area contributed by atoms with Gasteiger partial charge < -0.3 is 15.7 Å². The second-order valence-electron chi connectivity index (χ2n) is 5.58. The maximum Gasteiger partial charge on any atom is 0.0590 e. The number of nitrogens with two attached hydrogens (primary N) is 1. The van der Waals surface area contributed by atoms with Crippen LogP contribution in [-0.4, -0.2) is 35.7 Å². The van der Waals surface area contributed by atoms with E-state index in [1.807, 2.05) is 24.3 Å². The monoisotopic (exact) mass is 282 g/mol. The Bertz CT molecular complexity index is 396. The van der Waals surface area contributed by atoms with Crippen LogP contribution >= 0.6 is 11.6 Å². The van der Waals surface area contributed by atoms with E-state index in [1.54, 1.807) is 0 Å². The second-order valence-corrected chi connectivity index (χ2v) is 6.02. The molecule has 3 nitrogen and oxygen atoms in total. The van der Waals surface area contributed by atoms with Gasteiger partial charge in [-0.15, -0.1) is 0 Å². The first-order valence-electron chi connectivity index (χ1n) is 6.97. The van der Waals surface area contributed by atoms with Crippen LogP contribution < -0.4 is 5.73 Å². The molecule has 106 valence electrons. The Morgan fingerprint density at radius 2 is 2.11 bits per heavy atom. The van der Waals surface area contributed by atoms with Gasteiger partial charge in [0.1, 0.15) is 0 Å². The first kappa shape index (κ1) is 14.8. The molecular weight excluding hydrogens is 260 g/mol. The lowest BCUT2D eigenvalue weighted by Gasteiger charge is -2.34. The molecule has 0 aromatic heterocycles. The molecule has 0 amide bonds. The highest BCUT2D eigenvalue weighted by atomic mass is 35.5. The van der Waals surface area contributed by atoms with Gasteiger partial charge in [0.05, 0.1) is 6.10 Å². The van der Waals surface area contributed by atoms with E-state index in [0.717, 1.165) is 43.1 Å². The zero-order valence-electron chi connectivity index (χ0n) is 11.4. The van der Waals surface area contributed by atoms with Gasteiger partial charge in [0, 0.05) is 24.2 Å². The van der Waals surface area contributed by atoms with Crippen molar-refractivity contribution in [3.05, 3.63) is 34.9 Å². The van der Waals surface area contributed by atoms with Crippen molar-refractivity contribution in [3.8, 4) is 0 Å². The van der Waals surface area contributed by atoms with Crippen molar-refractivity contribution in [1.29, 1.82) is 0 Å². The Morgan fingerprint density at radius 3 is 2.74 bits per heavy atom. The number of aliphatic hydroxyl groups excluding tert-OH is 1. The fourth-order valence-corrected chi connectivity index (χ4v) is 2.75. The van der Waals surface area contributed by atoms with Gasteiger partial charge >= 0.3 is 0 Å². The van der Waals surface area contributed by atoms with Crippen molar-refractivity contribution < 1.29 is 5.11 Å². The van der Waals surface area contributed by atoms with Crippen molar-refractivity contribution in [2.45, 2.75) is 31.9 Å². The van der Waals surface area contributed by atoms with Gasteiger partial charge in [-0.2, -0.15) is 0 Å². The Balaban J connectivity index is 1.80. The van der Waals surface area contributed by atoms with Gasteiger partial charge in [0.2, 0.25) is 0 Å². The molecule has 2 rings (SSSR count). The number of likely N-dealkylation sites (tertiary alicyclic amines) is 1. The third-order valence-corrected chi connectivity index (χ3v) is 4.25. The number of nitrogens with zero attached hydrogens (tertiary/aromatic N) is 1. The second kappa shape index (κ2) is 6.71. The number of benzene rings is 1. The number of rotatable bonds is 4. The highest BCUT2D eigenvalue weighted by Crippen LogP contribution is 2.20. The van der Waals surface area contributed by atoms with Crippen molar-refractivity contribution in [1.82, 2.24) is 4.90 Å². The number of piperidine rings is 1. The molecule has 0 aliphatic carbocycles. The van der Waals surface area contributed by atoms with Gasteiger partial charge in [-0.1, -0.05) is 30.7 Å². The summed E-state index contributed by atoms with van der Waals surface area (Å²) in [5, 5.41) is 10.5. The largest absolute Gasteiger partial charge is 0.393 e. The van der Waals surface area contributed by atoms with E-state index in [9.17, 15) is 5.11 Å². The van der Waals surface area contributed by atoms with Crippen LogP contribution in [0.2, 0.25) is 5.02 Å². The van der Waals surface area contributed by atoms with E-state index in [2.05, 4.69) is 11.8 Å². The van der Waals surface area contributed by atoms with Crippen LogP contribution in [0.5, 0.6) is 0 Å². The number of halogens is 1. The minimum atomic E-state index is -0.138. The van der Waals surface area contributed by atoms with Crippen LogP contribution in [0.25, 0.3) is 0 Å². The summed E-state index contributed by atoms with van der Waals surface area (Å²) in [6, 6.07) is 7.82. The van der Waals surface area contributed by atoms with Crippen LogP contribution in [0, 0.1) is 5.92 Å². The third kappa shape index (κ3) is 4.18. The van der Waals surface area contributed by atoms with Crippen molar-refractivity contribution >= 4 is 11.6 Å². The predicted molar refractivity (Wildman–Crippen MR) is 79.2 cm³/mol. The fourth-order valence-electron chi connectivity index (χ4n) is 2.62. The van der Waals surface area contributed by atoms with Gasteiger partial charge in [-0.25, -0.2) is 0 Å². The van der Waals surface area contributed by atoms with Crippen LogP contribution in [0.4, 0.5) is 0 Å². The smallest absolute Gasteiger partial charge is 0.0590 e. The van der Waals surface area contributed by atoms with Crippen LogP contribution in [0.15, 0.2) is 24.3 Å². The zero-order valence-corrected chi connectivity index (χ0v) is 12.2. The lowest BCUT2D eigenvalue weighted by atomic mass is 9.96. The molecular formula is C15H23ClN2O. The minimum Gasteiger partial charge on any atom is -0.393 e. The maximum atomic E-state index is 9.71. The van der Waals surface area contributed by atoms with E-state index in [-0.39, 0.29) is 12.1 Å². The molecule has 0 spiro atoms. The molecule has 1 heterocycles. The predicted octanol–water partition coefficient (Wildman–Crippen LogP) is 2.43. The first-order valence-corrected chi connectivity index (χ1v) is 7.35. The fraction of sp³-hybridized carbons (Fsp3) is 0.600. The van der Waals surface area contributed by atoms with Crippen molar-refractivity contribution in [2.24, 2.45) is 11.7 Å². The average molecular weight is 283 g/mol. The Morgan fingerprint density at radius 1 is 1.42 bits per heavy atom. The molecule has 0 radical (unpaired) electrons. The van der Waals surface area contributed by atoms with Crippen molar-refractivity contribution in [3.63, 3.8) is 0 Å². The van der Waals surface area contributed by atoms with Gasteiger partial charge in [-0.3, -0.25) is 0 Å². The molecule has 0 bridgehead atoms. The summed E-state index contributed by atoms with van der Waals surface area (Å²) in [6.45, 7) is 5.03. The molecule has 0 saturated carbocycles. The standard InChI is InChI=1S/C15H23ClN2O/c1-11-10-18(9-7-15(11)19)8-6-14(17)12-2-4-13(16)5-3-12/h2-5,11,14-15,19H,6-10,17H2,1H3. The van der Waals surface area contributed by atoms with Gasteiger partial charge in [-0.05, 0) is 43.0 Å². The first-order chi connectivity index (χ1) is 9.06. The molecule has 3 atom stereocenters. The molecule has 3 unspecified atom stereocenters. The van der Waals surface area contributed by atoms with E-state index in [0.29, 0.717) is 5.92 Å². The summed E-state index contributed by atoms with van der Waals surface area (Å²) >= 11 is 5.87. The Kier molecular flexibility index (Phi) is 5.22. The topological polar surface area (TPSA) is 49.5 Å². The van der Waals surface area contributed by atoms with E-state index in [4.69, 9.17) is 17.3 Å². The Hall–Kier alpha value is -0.610. The quantitative estimate of drug-likeness (QED) is 0.892. The molecule has 3 N–H and O–H groups in total. The highest BCUT2D eigenvalue weighted by Gasteiger charge is 2.24. The number of aliphatic hydroxyl groups is 1. The molecule has 19 heavy (non-hydrogen) atoms. The molecule has 1 aromatic carbocycles. The van der Waals surface area contributed by atoms with Crippen molar-refractivity contribution in [2.75, 3.05) is 19.6 Å². The number of hydrogen-bond donors (Lipinski definition) is 2. The van der Waals surface area contributed by atoms with E-state index >= 15 is 0 Å². The normalized spacial score (nSPS) is 26.3. The van der Waals surface area contributed by atoms with Crippen LogP contribution in [0.3, 0.4) is 0 Å². The summed E-state index contributed by atoms with van der Waals surface area (Å²) in [4.78, 5) is 2.40. The molecule has 1 aliphatic heterocycles. The zero-order chi connectivity index (χ0) is 13.8. The van der Waals surface area contributed by atoms with Gasteiger partial charge in [0.25, 0.3) is 0 Å². The summed E-state index contributed by atoms with van der Waals surface area (Å²) in [5.41, 5.74) is 7.34. The summed E-state index contributed by atoms with van der Waals surface area (Å²) in [7, 11) is 0. The molecule has 1 aliphatic rings. The molecule has 1 aromatic rings. The highest BCUT2D eigenvalue weighted by molar-refractivity contribution is 6.30. The Labute approximate surface area is 120 Å². The van der Waals surface area contributed by atoms with Crippen LogP contribution in [0.1, 0.15) is 31.4 Å². The molecule has 1 saturated heterocycles. The summed E-state index contributed by atoms with van der Waals surface area (Å²) in [6.07, 6.45) is 1.67. The number of hydrogen-bond acceptors (Lipinski definition) is 3. The molecule has 4 heteroatoms. The lowest BCUT2D eigenvalue weighted by molar-refractivity contribution is 0.0341. The van der Waals surface area contributed by atoms with E-state index in [1.165, 1.54) is 0 Å². The summed E-state index contributed by atoms with van der Waals surface area (Å²) < 4.78 is 0. The van der Waals surface area contributed by atoms with Gasteiger partial charge in [0.15, 0.2) is 0 Å². The van der Waals surface area contributed by atoms with E-state index < -0.39 is 0 Å². The minimum absolute atomic E-state index is 0.0550. The third-order valence-electron chi connectivity index (χ3n) is 4.00. The lowest BCUT2D eigenvalue weighted by Crippen LogP contribution is -2.42. The SMILES string of the molecule is CC1CN(CCC(N)c2ccc(Cl)cc2)CCC1O. The maximum absolute atomic E-state index is 9.71. The van der Waals surface area contributed by atoms with Crippen LogP contribution in [-0.2, 0) is 0 Å².